The number of nitrogens with zero attached hydrogens (tertiary/aromatic N) is 1. The molecule has 1 saturated heterocycles. The summed E-state index contributed by atoms with van der Waals surface area (Å²) < 4.78 is 5.62. The van der Waals surface area contributed by atoms with Gasteiger partial charge in [-0.25, -0.2) is 4.79 Å². The third-order valence-electron chi connectivity index (χ3n) is 4.79. The van der Waals surface area contributed by atoms with Gasteiger partial charge in [0.2, 0.25) is 0 Å². The highest BCUT2D eigenvalue weighted by atomic mass is 28.4. The van der Waals surface area contributed by atoms with Crippen molar-refractivity contribution in [2.45, 2.75) is 44.9 Å². The molecule has 1 heterocycles. The van der Waals surface area contributed by atoms with Gasteiger partial charge in [0.25, 0.3) is 8.32 Å². The number of hydrogen-bond donors (Lipinski definition) is 1. The van der Waals surface area contributed by atoms with E-state index in [1.807, 2.05) is 81.4 Å². The fourth-order valence-corrected chi connectivity index (χ4v) is 7.49. The zero-order chi connectivity index (χ0) is 18.8. The molecule has 26 heavy (non-hydrogen) atoms. The molecule has 0 unspecified atom stereocenters. The first kappa shape index (κ1) is 18.7. The molecule has 0 bridgehead atoms. The zero-order valence-electron chi connectivity index (χ0n) is 15.7. The van der Waals surface area contributed by atoms with Crippen LogP contribution in [0.4, 0.5) is 4.79 Å². The van der Waals surface area contributed by atoms with E-state index >= 15 is 0 Å². The number of rotatable bonds is 3. The Morgan fingerprint density at radius 2 is 1.54 bits per heavy atom. The second kappa shape index (κ2) is 7.25. The summed E-state index contributed by atoms with van der Waals surface area (Å²) in [5.74, 6) is 0. The van der Waals surface area contributed by atoms with Crippen molar-refractivity contribution in [3.05, 3.63) is 60.7 Å². The van der Waals surface area contributed by atoms with Crippen molar-refractivity contribution in [2.75, 3.05) is 6.54 Å². The van der Waals surface area contributed by atoms with Gasteiger partial charge in [0.05, 0.1) is 5.67 Å². The van der Waals surface area contributed by atoms with E-state index in [2.05, 4.69) is 0 Å². The Bertz CT molecular complexity index is 703. The standard InChI is InChI=1S/C21H27NO3Si/c1-21(2,3)25-20(23)22-16-10-15-19(22)26(24,17-11-6-4-7-12-17)18-13-8-5-9-14-18/h4-9,11-14,19,24H,10,15-16H2,1-3H3/t19-/m0/s1. The highest BCUT2D eigenvalue weighted by Gasteiger charge is 2.51. The summed E-state index contributed by atoms with van der Waals surface area (Å²) in [6.45, 7) is 6.23. The van der Waals surface area contributed by atoms with E-state index in [1.165, 1.54) is 0 Å². The zero-order valence-corrected chi connectivity index (χ0v) is 16.7. The molecule has 0 aromatic heterocycles. The van der Waals surface area contributed by atoms with E-state index in [9.17, 15) is 9.59 Å². The van der Waals surface area contributed by atoms with Gasteiger partial charge < -0.3 is 14.4 Å². The molecular weight excluding hydrogens is 342 g/mol. The normalized spacial score (nSPS) is 18.0. The lowest BCUT2D eigenvalue weighted by molar-refractivity contribution is 0.0261. The smallest absolute Gasteiger partial charge is 0.410 e. The molecule has 0 spiro atoms. The van der Waals surface area contributed by atoms with Crippen LogP contribution in [0.25, 0.3) is 0 Å². The van der Waals surface area contributed by atoms with E-state index in [4.69, 9.17) is 4.74 Å². The van der Waals surface area contributed by atoms with Crippen molar-refractivity contribution in [3.63, 3.8) is 0 Å². The molecule has 0 aliphatic carbocycles. The predicted octanol–water partition coefficient (Wildman–Crippen LogP) is 2.68. The van der Waals surface area contributed by atoms with E-state index in [-0.39, 0.29) is 11.8 Å². The average molecular weight is 370 g/mol. The first-order chi connectivity index (χ1) is 12.3. The van der Waals surface area contributed by atoms with Gasteiger partial charge >= 0.3 is 6.09 Å². The minimum Gasteiger partial charge on any atom is -0.444 e. The van der Waals surface area contributed by atoms with Crippen molar-refractivity contribution in [1.82, 2.24) is 4.90 Å². The lowest BCUT2D eigenvalue weighted by Gasteiger charge is -2.38. The number of carbonyl (C=O) groups excluding carboxylic acids is 1. The van der Waals surface area contributed by atoms with E-state index in [1.54, 1.807) is 4.90 Å². The highest BCUT2D eigenvalue weighted by Crippen LogP contribution is 2.26. The minimum atomic E-state index is -3.14. The molecule has 1 aliphatic rings. The van der Waals surface area contributed by atoms with Crippen LogP contribution >= 0.6 is 0 Å². The maximum atomic E-state index is 12.8. The molecule has 0 saturated carbocycles. The molecule has 1 aliphatic heterocycles. The number of hydrogen-bond acceptors (Lipinski definition) is 3. The van der Waals surface area contributed by atoms with Gasteiger partial charge in [0.1, 0.15) is 5.60 Å². The van der Waals surface area contributed by atoms with Crippen LogP contribution in [0.1, 0.15) is 33.6 Å². The van der Waals surface area contributed by atoms with Crippen LogP contribution in [-0.4, -0.2) is 41.9 Å². The van der Waals surface area contributed by atoms with Gasteiger partial charge in [-0.2, -0.15) is 0 Å². The van der Waals surface area contributed by atoms with Crippen LogP contribution in [0, 0.1) is 0 Å². The Kier molecular flexibility index (Phi) is 5.21. The van der Waals surface area contributed by atoms with Gasteiger partial charge in [0, 0.05) is 6.54 Å². The largest absolute Gasteiger partial charge is 0.444 e. The third-order valence-corrected chi connectivity index (χ3v) is 8.78. The number of amides is 1. The fraction of sp³-hybridized carbons (Fsp3) is 0.381. The Morgan fingerprint density at radius 3 is 2.00 bits per heavy atom. The Morgan fingerprint density at radius 1 is 1.04 bits per heavy atom. The van der Waals surface area contributed by atoms with Gasteiger partial charge in [-0.15, -0.1) is 0 Å². The number of benzene rings is 2. The van der Waals surface area contributed by atoms with Crippen LogP contribution in [-0.2, 0) is 4.74 Å². The van der Waals surface area contributed by atoms with Crippen molar-refractivity contribution in [2.24, 2.45) is 0 Å². The van der Waals surface area contributed by atoms with Crippen molar-refractivity contribution < 1.29 is 14.3 Å². The molecule has 1 N–H and O–H groups in total. The van der Waals surface area contributed by atoms with E-state index in [0.29, 0.717) is 6.54 Å². The second-order valence-corrected chi connectivity index (χ2v) is 11.2. The fourth-order valence-electron chi connectivity index (χ4n) is 3.68. The number of carbonyl (C=O) groups is 1. The van der Waals surface area contributed by atoms with Gasteiger partial charge in [-0.3, -0.25) is 0 Å². The maximum absolute atomic E-state index is 12.8. The highest BCUT2D eigenvalue weighted by molar-refractivity contribution is 6.97. The molecule has 0 radical (unpaired) electrons. The third kappa shape index (κ3) is 3.69. The Balaban J connectivity index is 2.03. The summed E-state index contributed by atoms with van der Waals surface area (Å²) in [4.78, 5) is 26.6. The quantitative estimate of drug-likeness (QED) is 0.847. The van der Waals surface area contributed by atoms with Crippen LogP contribution in [0.5, 0.6) is 0 Å². The van der Waals surface area contributed by atoms with Crippen LogP contribution in [0.3, 0.4) is 0 Å². The molecule has 2 aromatic carbocycles. The average Bonchev–Trinajstić information content (AvgIpc) is 3.11. The van der Waals surface area contributed by atoms with Crippen molar-refractivity contribution in [3.8, 4) is 0 Å². The summed E-state index contributed by atoms with van der Waals surface area (Å²) in [7, 11) is -3.14. The van der Waals surface area contributed by atoms with Crippen LogP contribution in [0.2, 0.25) is 0 Å². The molecule has 1 amide bonds. The van der Waals surface area contributed by atoms with E-state index < -0.39 is 13.9 Å². The summed E-state index contributed by atoms with van der Waals surface area (Å²) in [5, 5.41) is 1.85. The van der Waals surface area contributed by atoms with Gasteiger partial charge in [-0.05, 0) is 44.0 Å². The monoisotopic (exact) mass is 369 g/mol. The Labute approximate surface area is 156 Å². The molecule has 5 heteroatoms. The van der Waals surface area contributed by atoms with Crippen molar-refractivity contribution in [1.29, 1.82) is 0 Å². The molecule has 1 atom stereocenters. The van der Waals surface area contributed by atoms with E-state index in [0.717, 1.165) is 23.2 Å². The lowest BCUT2D eigenvalue weighted by atomic mass is 10.2. The predicted molar refractivity (Wildman–Crippen MR) is 106 cm³/mol. The molecule has 3 rings (SSSR count). The summed E-state index contributed by atoms with van der Waals surface area (Å²) in [6.07, 6.45) is 1.32. The number of likely N-dealkylation sites (tertiary alicyclic amines) is 1. The Hall–Kier alpha value is -2.11. The molecule has 1 fully saturated rings. The molecule has 138 valence electrons. The number of ether oxygens (including phenoxy) is 1. The first-order valence-corrected chi connectivity index (χ1v) is 11.2. The van der Waals surface area contributed by atoms with Crippen LogP contribution in [0.15, 0.2) is 60.7 Å². The van der Waals surface area contributed by atoms with Crippen molar-refractivity contribution >= 4 is 24.8 Å². The second-order valence-electron chi connectivity index (χ2n) is 7.83. The van der Waals surface area contributed by atoms with Crippen LogP contribution < -0.4 is 10.4 Å². The van der Waals surface area contributed by atoms with Gasteiger partial charge in [0.15, 0.2) is 0 Å². The minimum absolute atomic E-state index is 0.234. The maximum Gasteiger partial charge on any atom is 0.410 e. The SMILES string of the molecule is CC(C)(C)OC(=O)N1CCC[C@@H]1[Si](O)(c1ccccc1)c1ccccc1. The first-order valence-electron chi connectivity index (χ1n) is 9.15. The summed E-state index contributed by atoms with van der Waals surface area (Å²) in [6, 6.07) is 19.6. The summed E-state index contributed by atoms with van der Waals surface area (Å²) >= 11 is 0. The molecule has 2 aromatic rings. The molecule has 4 nitrogen and oxygen atoms in total. The molecular formula is C21H27NO3Si. The summed E-state index contributed by atoms with van der Waals surface area (Å²) in [5.41, 5.74) is -0.786. The lowest BCUT2D eigenvalue weighted by Crippen LogP contribution is -2.70. The van der Waals surface area contributed by atoms with Gasteiger partial charge in [-0.1, -0.05) is 60.7 Å². The topological polar surface area (TPSA) is 49.8 Å².